The predicted octanol–water partition coefficient (Wildman–Crippen LogP) is 0.505. The highest BCUT2D eigenvalue weighted by Crippen LogP contribution is 2.14. The predicted molar refractivity (Wildman–Crippen MR) is 68.8 cm³/mol. The first-order valence-corrected chi connectivity index (χ1v) is 5.63. The molecule has 19 heavy (non-hydrogen) atoms. The molecule has 0 saturated carbocycles. The number of methoxy groups -OCH3 is 1. The number of hydrogen-bond donors (Lipinski definition) is 2. The van der Waals surface area contributed by atoms with Crippen LogP contribution in [0.5, 0.6) is 0 Å². The van der Waals surface area contributed by atoms with Gasteiger partial charge in [-0.15, -0.1) is 0 Å². The Morgan fingerprint density at radius 3 is 2.79 bits per heavy atom. The van der Waals surface area contributed by atoms with Crippen LogP contribution >= 0.6 is 0 Å². The number of carbonyl (C=O) groups is 2. The van der Waals surface area contributed by atoms with Crippen molar-refractivity contribution >= 4 is 28.6 Å². The van der Waals surface area contributed by atoms with E-state index in [1.54, 1.807) is 12.1 Å². The Balaban J connectivity index is 2.36. The van der Waals surface area contributed by atoms with Gasteiger partial charge in [-0.2, -0.15) is 0 Å². The molecule has 0 saturated heterocycles. The van der Waals surface area contributed by atoms with Gasteiger partial charge in [0.05, 0.1) is 24.6 Å². The van der Waals surface area contributed by atoms with Crippen molar-refractivity contribution in [1.29, 1.82) is 0 Å². The number of carbonyl (C=O) groups excluding carboxylic acids is 2. The second-order valence-electron chi connectivity index (χ2n) is 4.01. The average molecular weight is 263 g/mol. The number of esters is 1. The molecule has 1 heterocycles. The van der Waals surface area contributed by atoms with Gasteiger partial charge in [0.15, 0.2) is 0 Å². The smallest absolute Gasteiger partial charge is 0.333 e. The highest BCUT2D eigenvalue weighted by atomic mass is 16.5. The van der Waals surface area contributed by atoms with Gasteiger partial charge in [-0.25, -0.2) is 9.36 Å². The van der Waals surface area contributed by atoms with Gasteiger partial charge in [0.25, 0.3) is 0 Å². The molecule has 7 nitrogen and oxygen atoms in total. The van der Waals surface area contributed by atoms with Crippen molar-refractivity contribution in [2.24, 2.45) is 0 Å². The quantitative estimate of drug-likeness (QED) is 0.619. The van der Waals surface area contributed by atoms with Gasteiger partial charge in [-0.05, 0) is 18.2 Å². The van der Waals surface area contributed by atoms with Crippen LogP contribution in [0, 0.1) is 0 Å². The Hall–Kier alpha value is -2.57. The molecule has 0 unspecified atom stereocenters. The number of nitrogen functional groups attached to an aromatic ring is 1. The Labute approximate surface area is 108 Å². The molecule has 0 aliphatic heterocycles. The lowest BCUT2D eigenvalue weighted by Gasteiger charge is -2.02. The Morgan fingerprint density at radius 2 is 2.11 bits per heavy atom. The zero-order valence-corrected chi connectivity index (χ0v) is 10.3. The first kappa shape index (κ1) is 12.9. The highest BCUT2D eigenvalue weighted by Gasteiger charge is 2.15. The molecule has 3 N–H and O–H groups in total. The normalized spacial score (nSPS) is 10.6. The SMILES string of the molecule is COC(=O)CCC(=O)n1c(=O)[nH]c2ccc(N)cc21. The summed E-state index contributed by atoms with van der Waals surface area (Å²) in [6, 6.07) is 4.78. The molecular formula is C12H13N3O4. The number of anilines is 1. The lowest BCUT2D eigenvalue weighted by Crippen LogP contribution is -2.24. The summed E-state index contributed by atoms with van der Waals surface area (Å²) in [5, 5.41) is 0. The number of ether oxygens (including phenoxy) is 1. The number of fused-ring (bicyclic) bond motifs is 1. The van der Waals surface area contributed by atoms with Gasteiger partial charge >= 0.3 is 11.7 Å². The number of benzene rings is 1. The van der Waals surface area contributed by atoms with Crippen molar-refractivity contribution in [2.45, 2.75) is 12.8 Å². The molecular weight excluding hydrogens is 250 g/mol. The summed E-state index contributed by atoms with van der Waals surface area (Å²) >= 11 is 0. The van der Waals surface area contributed by atoms with Gasteiger partial charge in [0.1, 0.15) is 0 Å². The number of H-pyrrole nitrogens is 1. The maximum absolute atomic E-state index is 12.0. The van der Waals surface area contributed by atoms with E-state index in [9.17, 15) is 14.4 Å². The molecule has 0 aliphatic carbocycles. The van der Waals surface area contributed by atoms with Gasteiger partial charge in [-0.3, -0.25) is 9.59 Å². The van der Waals surface area contributed by atoms with Gasteiger partial charge in [0, 0.05) is 12.1 Å². The molecule has 0 fully saturated rings. The average Bonchev–Trinajstić information content (AvgIpc) is 2.70. The number of imidazole rings is 1. The van der Waals surface area contributed by atoms with Crippen LogP contribution in [0.2, 0.25) is 0 Å². The second-order valence-corrected chi connectivity index (χ2v) is 4.01. The third-order valence-electron chi connectivity index (χ3n) is 2.73. The van der Waals surface area contributed by atoms with E-state index in [1.165, 1.54) is 13.2 Å². The van der Waals surface area contributed by atoms with Crippen LogP contribution in [0.25, 0.3) is 11.0 Å². The summed E-state index contributed by atoms with van der Waals surface area (Å²) in [7, 11) is 1.24. The Morgan fingerprint density at radius 1 is 1.37 bits per heavy atom. The molecule has 100 valence electrons. The van der Waals surface area contributed by atoms with Gasteiger partial charge in [0.2, 0.25) is 5.91 Å². The molecule has 2 aromatic rings. The van der Waals surface area contributed by atoms with Crippen LogP contribution in [0.15, 0.2) is 23.0 Å². The second kappa shape index (κ2) is 4.97. The molecule has 0 spiro atoms. The fourth-order valence-electron chi connectivity index (χ4n) is 1.79. The molecule has 0 aliphatic rings. The van der Waals surface area contributed by atoms with Crippen molar-refractivity contribution in [3.8, 4) is 0 Å². The van der Waals surface area contributed by atoms with E-state index in [1.807, 2.05) is 0 Å². The van der Waals surface area contributed by atoms with E-state index in [-0.39, 0.29) is 12.8 Å². The lowest BCUT2D eigenvalue weighted by molar-refractivity contribution is -0.140. The van der Waals surface area contributed by atoms with Crippen molar-refractivity contribution in [1.82, 2.24) is 9.55 Å². The summed E-state index contributed by atoms with van der Waals surface area (Å²) in [6.45, 7) is 0. The van der Waals surface area contributed by atoms with E-state index >= 15 is 0 Å². The number of aromatic nitrogens is 2. The summed E-state index contributed by atoms with van der Waals surface area (Å²) < 4.78 is 5.43. The van der Waals surface area contributed by atoms with Crippen LogP contribution in [0.4, 0.5) is 5.69 Å². The highest BCUT2D eigenvalue weighted by molar-refractivity contribution is 5.92. The molecule has 1 aromatic heterocycles. The summed E-state index contributed by atoms with van der Waals surface area (Å²) in [5.74, 6) is -0.979. The standard InChI is InChI=1S/C12H13N3O4/c1-19-11(17)5-4-10(16)15-9-6-7(13)2-3-8(9)14-12(15)18/h2-3,6H,4-5,13H2,1H3,(H,14,18). The number of aromatic amines is 1. The van der Waals surface area contributed by atoms with E-state index in [4.69, 9.17) is 5.73 Å². The fraction of sp³-hybridized carbons (Fsp3) is 0.250. The maximum Gasteiger partial charge on any atom is 0.333 e. The first-order chi connectivity index (χ1) is 9.02. The van der Waals surface area contributed by atoms with Crippen molar-refractivity contribution in [3.63, 3.8) is 0 Å². The molecule has 0 bridgehead atoms. The summed E-state index contributed by atoms with van der Waals surface area (Å²) in [5.41, 5.74) is 6.45. The van der Waals surface area contributed by atoms with E-state index in [2.05, 4.69) is 9.72 Å². The topological polar surface area (TPSA) is 107 Å². The molecule has 7 heteroatoms. The Kier molecular flexibility index (Phi) is 3.37. The van der Waals surface area contributed by atoms with Crippen LogP contribution in [-0.4, -0.2) is 28.5 Å². The molecule has 0 radical (unpaired) electrons. The van der Waals surface area contributed by atoms with Crippen molar-refractivity contribution in [2.75, 3.05) is 12.8 Å². The summed E-state index contributed by atoms with van der Waals surface area (Å²) in [6.07, 6.45) is -0.176. The van der Waals surface area contributed by atoms with Crippen LogP contribution in [-0.2, 0) is 9.53 Å². The number of nitrogens with zero attached hydrogens (tertiary/aromatic N) is 1. The van der Waals surface area contributed by atoms with E-state index < -0.39 is 17.6 Å². The van der Waals surface area contributed by atoms with E-state index in [0.29, 0.717) is 16.7 Å². The number of nitrogens with two attached hydrogens (primary N) is 1. The van der Waals surface area contributed by atoms with Gasteiger partial charge < -0.3 is 15.5 Å². The monoisotopic (exact) mass is 263 g/mol. The van der Waals surface area contributed by atoms with Crippen molar-refractivity contribution in [3.05, 3.63) is 28.7 Å². The molecule has 1 aromatic carbocycles. The van der Waals surface area contributed by atoms with Crippen LogP contribution in [0.1, 0.15) is 17.6 Å². The number of nitrogens with one attached hydrogen (secondary N) is 1. The summed E-state index contributed by atoms with van der Waals surface area (Å²) in [4.78, 5) is 37.3. The van der Waals surface area contributed by atoms with E-state index in [0.717, 1.165) is 4.57 Å². The maximum atomic E-state index is 12.0. The number of rotatable bonds is 3. The molecule has 0 atom stereocenters. The van der Waals surface area contributed by atoms with Crippen molar-refractivity contribution < 1.29 is 14.3 Å². The zero-order valence-electron chi connectivity index (χ0n) is 10.3. The molecule has 2 rings (SSSR count). The third kappa shape index (κ3) is 2.49. The minimum atomic E-state index is -0.546. The first-order valence-electron chi connectivity index (χ1n) is 5.63. The fourth-order valence-corrected chi connectivity index (χ4v) is 1.79. The molecule has 0 amide bonds. The minimum absolute atomic E-state index is 0.0727. The zero-order chi connectivity index (χ0) is 14.0. The van der Waals surface area contributed by atoms with Crippen LogP contribution in [0.3, 0.4) is 0 Å². The van der Waals surface area contributed by atoms with Gasteiger partial charge in [-0.1, -0.05) is 0 Å². The number of hydrogen-bond acceptors (Lipinski definition) is 5. The Bertz CT molecular complexity index is 699. The van der Waals surface area contributed by atoms with Crippen LogP contribution < -0.4 is 11.4 Å². The largest absolute Gasteiger partial charge is 0.469 e. The lowest BCUT2D eigenvalue weighted by atomic mass is 10.2. The third-order valence-corrected chi connectivity index (χ3v) is 2.73. The minimum Gasteiger partial charge on any atom is -0.469 e.